The number of alkyl halides is 3. The van der Waals surface area contributed by atoms with Gasteiger partial charge in [0.05, 0.1) is 10.6 Å². The molecule has 4 rings (SSSR count). The minimum absolute atomic E-state index is 0.0999. The lowest BCUT2D eigenvalue weighted by Gasteiger charge is -2.14. The number of aliphatic carboxylic acids is 1. The van der Waals surface area contributed by atoms with E-state index in [2.05, 4.69) is 25.3 Å². The summed E-state index contributed by atoms with van der Waals surface area (Å²) in [6.45, 7) is 0.411. The molecule has 3 aromatic rings. The third-order valence-corrected chi connectivity index (χ3v) is 4.92. The van der Waals surface area contributed by atoms with E-state index < -0.39 is 18.1 Å². The standard InChI is InChI=1S/C22H16ClF3N4O4/c23-17-9-13(4-5-18(17)33-14-2-1-3-15(10-14)34-22(24,25)26)30-20-16-8-12(21(31)32)6-7-27-19(16)28-11-29-20/h1-5,8-11H,6-7H2,(H,31,32)(H2,27,28,29,30). The first kappa shape index (κ1) is 23.2. The highest BCUT2D eigenvalue weighted by atomic mass is 35.5. The number of carboxylic acids is 1. The Bertz CT molecular complexity index is 1270. The number of fused-ring (bicyclic) bond motifs is 1. The molecular formula is C22H16ClF3N4O4. The van der Waals surface area contributed by atoms with Gasteiger partial charge in [0.2, 0.25) is 0 Å². The minimum atomic E-state index is -4.82. The fourth-order valence-corrected chi connectivity index (χ4v) is 3.38. The fourth-order valence-electron chi connectivity index (χ4n) is 3.16. The molecule has 0 fully saturated rings. The van der Waals surface area contributed by atoms with E-state index >= 15 is 0 Å². The Kier molecular flexibility index (Phi) is 6.46. The van der Waals surface area contributed by atoms with Crippen LogP contribution in [0.25, 0.3) is 6.08 Å². The number of hydrogen-bond donors (Lipinski definition) is 3. The molecule has 0 unspecified atom stereocenters. The molecule has 0 saturated carbocycles. The molecule has 0 atom stereocenters. The van der Waals surface area contributed by atoms with Gasteiger partial charge in [-0.1, -0.05) is 17.7 Å². The van der Waals surface area contributed by atoms with Gasteiger partial charge < -0.3 is 25.2 Å². The number of nitrogens with one attached hydrogen (secondary N) is 2. The Balaban J connectivity index is 1.55. The van der Waals surface area contributed by atoms with Crippen LogP contribution in [0.4, 0.5) is 30.5 Å². The van der Waals surface area contributed by atoms with Gasteiger partial charge in [-0.05, 0) is 42.8 Å². The van der Waals surface area contributed by atoms with Crippen molar-refractivity contribution in [3.05, 3.63) is 65.0 Å². The third-order valence-electron chi connectivity index (χ3n) is 4.63. The first-order valence-corrected chi connectivity index (χ1v) is 10.2. The summed E-state index contributed by atoms with van der Waals surface area (Å²) in [7, 11) is 0. The molecule has 0 saturated heterocycles. The van der Waals surface area contributed by atoms with Crippen LogP contribution >= 0.6 is 11.6 Å². The number of ether oxygens (including phenoxy) is 2. The molecule has 12 heteroatoms. The summed E-state index contributed by atoms with van der Waals surface area (Å²) < 4.78 is 46.8. The largest absolute Gasteiger partial charge is 0.573 e. The Morgan fingerprint density at radius 3 is 2.68 bits per heavy atom. The van der Waals surface area contributed by atoms with Crippen LogP contribution in [-0.4, -0.2) is 34.0 Å². The molecule has 2 aromatic carbocycles. The monoisotopic (exact) mass is 492 g/mol. The normalized spacial score (nSPS) is 13.1. The van der Waals surface area contributed by atoms with Crippen molar-refractivity contribution in [2.75, 3.05) is 17.2 Å². The number of halogens is 4. The molecule has 3 N–H and O–H groups in total. The average Bonchev–Trinajstić information content (AvgIpc) is 2.98. The second kappa shape index (κ2) is 9.48. The topological polar surface area (TPSA) is 106 Å². The molecule has 1 aliphatic heterocycles. The van der Waals surface area contributed by atoms with E-state index in [1.165, 1.54) is 36.7 Å². The van der Waals surface area contributed by atoms with Crippen LogP contribution in [0, 0.1) is 0 Å². The second-order valence-electron chi connectivity index (χ2n) is 7.03. The SMILES string of the molecule is O=C(O)C1=Cc2c(ncnc2Nc2ccc(Oc3cccc(OC(F)(F)F)c3)c(Cl)c2)NCC1. The number of aromatic nitrogens is 2. The molecular weight excluding hydrogens is 477 g/mol. The van der Waals surface area contributed by atoms with Gasteiger partial charge in [0.1, 0.15) is 35.2 Å². The molecule has 0 bridgehead atoms. The number of hydrogen-bond acceptors (Lipinski definition) is 7. The molecule has 176 valence electrons. The summed E-state index contributed by atoms with van der Waals surface area (Å²) in [5.41, 5.74) is 1.21. The predicted octanol–water partition coefficient (Wildman–Crippen LogP) is 5.85. The molecule has 0 spiro atoms. The van der Waals surface area contributed by atoms with Crippen molar-refractivity contribution in [3.63, 3.8) is 0 Å². The van der Waals surface area contributed by atoms with Crippen LogP contribution in [0.5, 0.6) is 17.2 Å². The van der Waals surface area contributed by atoms with Gasteiger partial charge in [0.15, 0.2) is 0 Å². The van der Waals surface area contributed by atoms with Crippen LogP contribution < -0.4 is 20.1 Å². The average molecular weight is 493 g/mol. The highest BCUT2D eigenvalue weighted by Crippen LogP contribution is 2.35. The van der Waals surface area contributed by atoms with Gasteiger partial charge in [-0.15, -0.1) is 13.2 Å². The van der Waals surface area contributed by atoms with Gasteiger partial charge in [0.25, 0.3) is 0 Å². The van der Waals surface area contributed by atoms with Crippen molar-refractivity contribution in [1.82, 2.24) is 9.97 Å². The summed E-state index contributed by atoms with van der Waals surface area (Å²) in [4.78, 5) is 19.8. The molecule has 34 heavy (non-hydrogen) atoms. The molecule has 1 aromatic heterocycles. The summed E-state index contributed by atoms with van der Waals surface area (Å²) >= 11 is 6.32. The van der Waals surface area contributed by atoms with Crippen LogP contribution in [0.3, 0.4) is 0 Å². The number of benzene rings is 2. The number of carbonyl (C=O) groups is 1. The Morgan fingerprint density at radius 1 is 1.15 bits per heavy atom. The molecule has 8 nitrogen and oxygen atoms in total. The summed E-state index contributed by atoms with van der Waals surface area (Å²) in [6, 6.07) is 9.74. The zero-order valence-electron chi connectivity index (χ0n) is 17.2. The lowest BCUT2D eigenvalue weighted by atomic mass is 10.1. The van der Waals surface area contributed by atoms with Crippen LogP contribution in [-0.2, 0) is 4.79 Å². The minimum Gasteiger partial charge on any atom is -0.478 e. The lowest BCUT2D eigenvalue weighted by molar-refractivity contribution is -0.274. The van der Waals surface area contributed by atoms with E-state index in [9.17, 15) is 23.1 Å². The first-order valence-electron chi connectivity index (χ1n) is 9.81. The Hall–Kier alpha value is -3.99. The third kappa shape index (κ3) is 5.67. The van der Waals surface area contributed by atoms with Gasteiger partial charge in [-0.25, -0.2) is 14.8 Å². The van der Waals surface area contributed by atoms with Gasteiger partial charge in [-0.2, -0.15) is 0 Å². The molecule has 2 heterocycles. The van der Waals surface area contributed by atoms with E-state index in [1.54, 1.807) is 6.07 Å². The van der Waals surface area contributed by atoms with E-state index in [0.717, 1.165) is 12.1 Å². The van der Waals surface area contributed by atoms with Crippen molar-refractivity contribution in [1.29, 1.82) is 0 Å². The van der Waals surface area contributed by atoms with E-state index in [-0.39, 0.29) is 22.1 Å². The molecule has 0 aliphatic carbocycles. The van der Waals surface area contributed by atoms with Crippen LogP contribution in [0.15, 0.2) is 54.4 Å². The number of anilines is 3. The van der Waals surface area contributed by atoms with Crippen LogP contribution in [0.2, 0.25) is 5.02 Å². The number of nitrogens with zero attached hydrogens (tertiary/aromatic N) is 2. The van der Waals surface area contributed by atoms with Crippen LogP contribution in [0.1, 0.15) is 12.0 Å². The van der Waals surface area contributed by atoms with E-state index in [4.69, 9.17) is 16.3 Å². The highest BCUT2D eigenvalue weighted by molar-refractivity contribution is 6.32. The van der Waals surface area contributed by atoms with Crippen molar-refractivity contribution in [2.45, 2.75) is 12.8 Å². The Morgan fingerprint density at radius 2 is 1.94 bits per heavy atom. The zero-order valence-corrected chi connectivity index (χ0v) is 17.9. The highest BCUT2D eigenvalue weighted by Gasteiger charge is 2.31. The molecule has 0 amide bonds. The van der Waals surface area contributed by atoms with Gasteiger partial charge in [0, 0.05) is 23.9 Å². The number of rotatable bonds is 6. The molecule has 1 aliphatic rings. The van der Waals surface area contributed by atoms with Gasteiger partial charge >= 0.3 is 12.3 Å². The molecule has 0 radical (unpaired) electrons. The Labute approximate surface area is 196 Å². The fraction of sp³-hybridized carbons (Fsp3) is 0.136. The van der Waals surface area contributed by atoms with Crippen molar-refractivity contribution < 1.29 is 32.5 Å². The van der Waals surface area contributed by atoms with E-state index in [1.807, 2.05) is 0 Å². The summed E-state index contributed by atoms with van der Waals surface area (Å²) in [5.74, 6) is -0.305. The maximum absolute atomic E-state index is 12.4. The lowest BCUT2D eigenvalue weighted by Crippen LogP contribution is -2.17. The zero-order chi connectivity index (χ0) is 24.3. The van der Waals surface area contributed by atoms with E-state index in [0.29, 0.717) is 35.9 Å². The van der Waals surface area contributed by atoms with Crippen molar-refractivity contribution >= 4 is 41.0 Å². The van der Waals surface area contributed by atoms with Crippen molar-refractivity contribution in [3.8, 4) is 17.2 Å². The maximum Gasteiger partial charge on any atom is 0.573 e. The van der Waals surface area contributed by atoms with Gasteiger partial charge in [-0.3, -0.25) is 0 Å². The maximum atomic E-state index is 12.4. The smallest absolute Gasteiger partial charge is 0.478 e. The predicted molar refractivity (Wildman–Crippen MR) is 119 cm³/mol. The summed E-state index contributed by atoms with van der Waals surface area (Å²) in [5, 5.41) is 15.7. The quantitative estimate of drug-likeness (QED) is 0.393. The van der Waals surface area contributed by atoms with Crippen molar-refractivity contribution in [2.24, 2.45) is 0 Å². The second-order valence-corrected chi connectivity index (χ2v) is 7.44. The number of carboxylic acid groups (broad SMARTS) is 1. The summed E-state index contributed by atoms with van der Waals surface area (Å²) in [6.07, 6.45) is -1.66. The first-order chi connectivity index (χ1) is 16.2.